The molecular weight excluding hydrogens is 446 g/mol. The van der Waals surface area contributed by atoms with Crippen molar-refractivity contribution in [1.82, 2.24) is 20.3 Å². The number of aromatic nitrogens is 3. The van der Waals surface area contributed by atoms with Gasteiger partial charge in [-0.3, -0.25) is 4.79 Å². The van der Waals surface area contributed by atoms with Crippen molar-refractivity contribution in [1.29, 1.82) is 5.26 Å². The van der Waals surface area contributed by atoms with Crippen LogP contribution in [0.25, 0.3) is 28.0 Å². The second-order valence-corrected chi connectivity index (χ2v) is 8.85. The molecule has 0 unspecified atom stereocenters. The molecule has 0 radical (unpaired) electrons. The van der Waals surface area contributed by atoms with Crippen molar-refractivity contribution in [3.8, 4) is 6.07 Å². The number of carbonyl (C=O) groups excluding carboxylic acids is 1. The second-order valence-electron chi connectivity index (χ2n) is 7.86. The first kappa shape index (κ1) is 21.6. The summed E-state index contributed by atoms with van der Waals surface area (Å²) in [5.41, 5.74) is 5.17. The van der Waals surface area contributed by atoms with Crippen molar-refractivity contribution in [2.45, 2.75) is 23.6 Å². The summed E-state index contributed by atoms with van der Waals surface area (Å²) in [5, 5.41) is 14.8. The van der Waals surface area contributed by atoms with E-state index < -0.39 is 5.91 Å². The smallest absolute Gasteiger partial charge is 0.262 e. The lowest BCUT2D eigenvalue weighted by atomic mass is 10.1. The highest BCUT2D eigenvalue weighted by Crippen LogP contribution is 2.29. The van der Waals surface area contributed by atoms with Gasteiger partial charge in [0.2, 0.25) is 0 Å². The van der Waals surface area contributed by atoms with Crippen LogP contribution in [0.2, 0.25) is 0 Å². The molecule has 0 saturated carbocycles. The van der Waals surface area contributed by atoms with Crippen molar-refractivity contribution in [3.05, 3.63) is 83.3 Å². The number of rotatable bonds is 7. The Hall–Kier alpha value is -4.22. The van der Waals surface area contributed by atoms with Gasteiger partial charge < -0.3 is 19.7 Å². The Kier molecular flexibility index (Phi) is 5.93. The maximum atomic E-state index is 12.5. The molecule has 3 N–H and O–H groups in total. The summed E-state index contributed by atoms with van der Waals surface area (Å²) < 4.78 is 5.79. The Morgan fingerprint density at radius 1 is 1.21 bits per heavy atom. The van der Waals surface area contributed by atoms with Crippen LogP contribution in [0.5, 0.6) is 0 Å². The number of hydrogen-bond donors (Lipinski definition) is 3. The SMILES string of the molecule is Cc1ccc2nc(Sc3ccc(/C=C(/C#N)C(=O)NCCc4c[nH]c5ccccc45)o3)[nH]c2c1. The summed E-state index contributed by atoms with van der Waals surface area (Å²) in [4.78, 5) is 23.6. The third-order valence-corrected chi connectivity index (χ3v) is 6.23. The van der Waals surface area contributed by atoms with Crippen molar-refractivity contribution < 1.29 is 9.21 Å². The third-order valence-electron chi connectivity index (χ3n) is 5.42. The maximum absolute atomic E-state index is 12.5. The first-order valence-electron chi connectivity index (χ1n) is 10.8. The van der Waals surface area contributed by atoms with Gasteiger partial charge in [-0.1, -0.05) is 24.3 Å². The average molecular weight is 468 g/mol. The van der Waals surface area contributed by atoms with Gasteiger partial charge in [0.1, 0.15) is 17.4 Å². The van der Waals surface area contributed by atoms with Gasteiger partial charge in [0.05, 0.1) is 11.0 Å². The van der Waals surface area contributed by atoms with Gasteiger partial charge in [-0.15, -0.1) is 0 Å². The topological polar surface area (TPSA) is 110 Å². The zero-order valence-corrected chi connectivity index (χ0v) is 19.2. The number of nitriles is 1. The molecular formula is C26H21N5O2S. The van der Waals surface area contributed by atoms with Crippen LogP contribution in [0.15, 0.2) is 81.0 Å². The van der Waals surface area contributed by atoms with E-state index in [-0.39, 0.29) is 5.57 Å². The van der Waals surface area contributed by atoms with Crippen molar-refractivity contribution in [3.63, 3.8) is 0 Å². The van der Waals surface area contributed by atoms with Gasteiger partial charge in [0.15, 0.2) is 10.2 Å². The minimum Gasteiger partial charge on any atom is -0.450 e. The molecule has 0 fully saturated rings. The van der Waals surface area contributed by atoms with Crippen molar-refractivity contribution in [2.75, 3.05) is 6.54 Å². The quantitative estimate of drug-likeness (QED) is 0.220. The van der Waals surface area contributed by atoms with Gasteiger partial charge in [0, 0.05) is 29.7 Å². The molecule has 168 valence electrons. The van der Waals surface area contributed by atoms with E-state index in [9.17, 15) is 10.1 Å². The Morgan fingerprint density at radius 3 is 2.97 bits per heavy atom. The number of carbonyl (C=O) groups is 1. The summed E-state index contributed by atoms with van der Waals surface area (Å²) >= 11 is 1.35. The second kappa shape index (κ2) is 9.33. The summed E-state index contributed by atoms with van der Waals surface area (Å²) in [6.45, 7) is 2.45. The number of furan rings is 1. The molecule has 0 atom stereocenters. The number of hydrogen-bond acceptors (Lipinski definition) is 5. The number of aryl methyl sites for hydroxylation is 1. The van der Waals surface area contributed by atoms with Gasteiger partial charge in [-0.05, 0) is 66.6 Å². The van der Waals surface area contributed by atoms with E-state index in [0.29, 0.717) is 29.0 Å². The van der Waals surface area contributed by atoms with Crippen LogP contribution < -0.4 is 5.32 Å². The molecule has 3 aromatic heterocycles. The van der Waals surface area contributed by atoms with Crippen LogP contribution in [0.4, 0.5) is 0 Å². The molecule has 0 saturated heterocycles. The minimum absolute atomic E-state index is 0.0101. The molecule has 2 aromatic carbocycles. The van der Waals surface area contributed by atoms with Crippen LogP contribution in [0.1, 0.15) is 16.9 Å². The van der Waals surface area contributed by atoms with Crippen LogP contribution in [0.3, 0.4) is 0 Å². The summed E-state index contributed by atoms with van der Waals surface area (Å²) in [7, 11) is 0. The monoisotopic (exact) mass is 467 g/mol. The highest BCUT2D eigenvalue weighted by molar-refractivity contribution is 7.99. The number of para-hydroxylation sites is 1. The van der Waals surface area contributed by atoms with E-state index in [0.717, 1.165) is 33.1 Å². The first-order valence-corrected chi connectivity index (χ1v) is 11.6. The first-order chi connectivity index (χ1) is 16.6. The van der Waals surface area contributed by atoms with E-state index >= 15 is 0 Å². The van der Waals surface area contributed by atoms with Crippen LogP contribution >= 0.6 is 11.8 Å². The molecule has 0 spiro atoms. The Bertz CT molecular complexity index is 1570. The van der Waals surface area contributed by atoms with Gasteiger partial charge in [-0.25, -0.2) is 4.98 Å². The summed E-state index contributed by atoms with van der Waals surface area (Å²) in [5.74, 6) is -0.00150. The number of nitrogens with one attached hydrogen (secondary N) is 3. The third kappa shape index (κ3) is 4.60. The Labute approximate surface area is 199 Å². The fraction of sp³-hybridized carbons (Fsp3) is 0.115. The molecule has 0 aliphatic heterocycles. The number of H-pyrrole nitrogens is 2. The number of aromatic amines is 2. The largest absolute Gasteiger partial charge is 0.450 e. The van der Waals surface area contributed by atoms with E-state index in [2.05, 4.69) is 20.3 Å². The molecule has 8 heteroatoms. The number of nitrogens with zero attached hydrogens (tertiary/aromatic N) is 2. The summed E-state index contributed by atoms with van der Waals surface area (Å²) in [6.07, 6.45) is 4.06. The average Bonchev–Trinajstić information content (AvgIpc) is 3.56. The molecule has 3 heterocycles. The lowest BCUT2D eigenvalue weighted by Gasteiger charge is -2.03. The fourth-order valence-electron chi connectivity index (χ4n) is 3.75. The lowest BCUT2D eigenvalue weighted by molar-refractivity contribution is -0.117. The standard InChI is InChI=1S/C26H21N5O2S/c1-16-6-8-22-23(12-16)31-26(30-22)34-24-9-7-19(33-24)13-18(14-27)25(32)28-11-10-17-15-29-21-5-3-2-4-20(17)21/h2-9,12-13,15,29H,10-11H2,1H3,(H,28,32)(H,30,31)/b18-13-. The van der Waals surface area contributed by atoms with Crippen LogP contribution in [0, 0.1) is 18.3 Å². The molecule has 7 nitrogen and oxygen atoms in total. The normalized spacial score (nSPS) is 11.7. The lowest BCUT2D eigenvalue weighted by Crippen LogP contribution is -2.26. The highest BCUT2D eigenvalue weighted by Gasteiger charge is 2.12. The predicted molar refractivity (Wildman–Crippen MR) is 132 cm³/mol. The fourth-order valence-corrected chi connectivity index (χ4v) is 4.52. The van der Waals surface area contributed by atoms with E-state index in [1.54, 1.807) is 12.1 Å². The number of fused-ring (bicyclic) bond motifs is 2. The molecule has 5 rings (SSSR count). The molecule has 1 amide bonds. The van der Waals surface area contributed by atoms with Crippen LogP contribution in [-0.4, -0.2) is 27.4 Å². The highest BCUT2D eigenvalue weighted by atomic mass is 32.2. The van der Waals surface area contributed by atoms with Gasteiger partial charge in [0.25, 0.3) is 5.91 Å². The van der Waals surface area contributed by atoms with Gasteiger partial charge in [-0.2, -0.15) is 5.26 Å². The predicted octanol–water partition coefficient (Wildman–Crippen LogP) is 5.36. The number of benzene rings is 2. The summed E-state index contributed by atoms with van der Waals surface area (Å²) in [6, 6.07) is 19.5. The number of imidazole rings is 1. The maximum Gasteiger partial charge on any atom is 0.262 e. The zero-order chi connectivity index (χ0) is 23.5. The molecule has 5 aromatic rings. The minimum atomic E-state index is -0.430. The Balaban J connectivity index is 1.22. The number of amides is 1. The Morgan fingerprint density at radius 2 is 2.09 bits per heavy atom. The molecule has 0 aliphatic carbocycles. The molecule has 0 bridgehead atoms. The molecule has 34 heavy (non-hydrogen) atoms. The van der Waals surface area contributed by atoms with Crippen molar-refractivity contribution >= 4 is 45.7 Å². The van der Waals surface area contributed by atoms with E-state index in [4.69, 9.17) is 4.42 Å². The molecule has 0 aliphatic rings. The van der Waals surface area contributed by atoms with Crippen LogP contribution in [-0.2, 0) is 11.2 Å². The zero-order valence-electron chi connectivity index (χ0n) is 18.4. The van der Waals surface area contributed by atoms with E-state index in [1.807, 2.05) is 61.7 Å². The van der Waals surface area contributed by atoms with E-state index in [1.165, 1.54) is 17.8 Å². The van der Waals surface area contributed by atoms with Crippen molar-refractivity contribution in [2.24, 2.45) is 0 Å². The van der Waals surface area contributed by atoms with Gasteiger partial charge >= 0.3 is 0 Å².